The number of benzene rings is 1. The molecule has 4 bridgehead atoms. The monoisotopic (exact) mass is 384 g/mol. The third-order valence-electron chi connectivity index (χ3n) is 7.79. The van der Waals surface area contributed by atoms with Gasteiger partial charge in [0.2, 0.25) is 0 Å². The molecular formula is C22H28N2O4. The molecule has 0 spiro atoms. The van der Waals surface area contributed by atoms with E-state index in [4.69, 9.17) is 14.5 Å². The van der Waals surface area contributed by atoms with Gasteiger partial charge in [-0.05, 0) is 49.3 Å². The summed E-state index contributed by atoms with van der Waals surface area (Å²) in [5.41, 5.74) is -0.0352. The van der Waals surface area contributed by atoms with Crippen molar-refractivity contribution in [1.29, 1.82) is 0 Å². The van der Waals surface area contributed by atoms with E-state index in [2.05, 4.69) is 11.8 Å². The van der Waals surface area contributed by atoms with Gasteiger partial charge < -0.3 is 14.6 Å². The summed E-state index contributed by atoms with van der Waals surface area (Å²) in [4.78, 5) is 20.6. The maximum atomic E-state index is 13.3. The molecule has 3 saturated heterocycles. The van der Waals surface area contributed by atoms with Crippen LogP contribution in [0.1, 0.15) is 38.2 Å². The van der Waals surface area contributed by atoms with E-state index in [0.29, 0.717) is 36.1 Å². The van der Waals surface area contributed by atoms with Crippen LogP contribution in [0.3, 0.4) is 0 Å². The average molecular weight is 384 g/mol. The highest BCUT2D eigenvalue weighted by Crippen LogP contribution is 2.59. The van der Waals surface area contributed by atoms with Crippen LogP contribution in [0.2, 0.25) is 0 Å². The molecule has 0 aromatic heterocycles. The second-order valence-corrected chi connectivity index (χ2v) is 8.80. The van der Waals surface area contributed by atoms with Gasteiger partial charge in [-0.25, -0.2) is 0 Å². The third kappa shape index (κ3) is 2.10. The van der Waals surface area contributed by atoms with E-state index in [0.717, 1.165) is 37.2 Å². The van der Waals surface area contributed by atoms with Crippen molar-refractivity contribution in [2.24, 2.45) is 22.2 Å². The first kappa shape index (κ1) is 18.1. The molecule has 0 amide bonds. The summed E-state index contributed by atoms with van der Waals surface area (Å²) in [6, 6.07) is 5.65. The summed E-state index contributed by atoms with van der Waals surface area (Å²) < 4.78 is 10.7. The van der Waals surface area contributed by atoms with E-state index >= 15 is 0 Å². The lowest BCUT2D eigenvalue weighted by molar-refractivity contribution is -0.163. The predicted octanol–water partition coefficient (Wildman–Crippen LogP) is 2.65. The molecule has 1 unspecified atom stereocenters. The standard InChI is InChI=1S/C22H28N2O4/c1-4-13-9-18-21(20(25)28-3)11-14(13)12-24(18)8-7-22(26)16-10-15(27-2)5-6-17(16)23-19(21)22/h5-6,10,13-14,18,26H,4,7-9,11-12H2,1-3H3/t13-,14-,18+,21+,22-/m1/s1. The molecular weight excluding hydrogens is 356 g/mol. The summed E-state index contributed by atoms with van der Waals surface area (Å²) in [7, 11) is 3.07. The van der Waals surface area contributed by atoms with Crippen molar-refractivity contribution in [2.75, 3.05) is 27.3 Å². The minimum atomic E-state index is -1.25. The summed E-state index contributed by atoms with van der Waals surface area (Å²) in [6.45, 7) is 3.99. The van der Waals surface area contributed by atoms with E-state index in [1.165, 1.54) is 7.11 Å². The molecule has 28 heavy (non-hydrogen) atoms. The van der Waals surface area contributed by atoms with Crippen molar-refractivity contribution < 1.29 is 19.4 Å². The topological polar surface area (TPSA) is 71.4 Å². The molecule has 1 saturated carbocycles. The SMILES string of the molecule is CC[C@@H]1C[C@@H]2N3CC[C@]4(O)C(=Nc5ccc(OC)cc54)[C@]2(C(=O)OC)C[C@@H]1C3. The number of ether oxygens (including phenoxy) is 2. The van der Waals surface area contributed by atoms with Gasteiger partial charge in [0.15, 0.2) is 0 Å². The lowest BCUT2D eigenvalue weighted by atomic mass is 9.55. The first-order valence-corrected chi connectivity index (χ1v) is 10.3. The number of fused-ring (bicyclic) bond motifs is 4. The molecule has 1 aliphatic carbocycles. The Balaban J connectivity index is 1.70. The molecule has 1 aromatic rings. The van der Waals surface area contributed by atoms with Crippen LogP contribution in [0.5, 0.6) is 5.75 Å². The Bertz CT molecular complexity index is 868. The number of carbonyl (C=O) groups is 1. The highest BCUT2D eigenvalue weighted by Gasteiger charge is 2.67. The summed E-state index contributed by atoms with van der Waals surface area (Å²) >= 11 is 0. The average Bonchev–Trinajstić information content (AvgIpc) is 3.00. The number of methoxy groups -OCH3 is 2. The number of hydrogen-bond acceptors (Lipinski definition) is 6. The third-order valence-corrected chi connectivity index (χ3v) is 7.79. The van der Waals surface area contributed by atoms with Gasteiger partial charge in [0.05, 0.1) is 25.6 Å². The molecule has 4 heterocycles. The lowest BCUT2D eigenvalue weighted by Crippen LogP contribution is -2.67. The molecule has 4 aliphatic heterocycles. The lowest BCUT2D eigenvalue weighted by Gasteiger charge is -2.57. The molecule has 1 aromatic carbocycles. The zero-order valence-corrected chi connectivity index (χ0v) is 16.8. The Kier molecular flexibility index (Phi) is 3.91. The van der Waals surface area contributed by atoms with E-state index in [-0.39, 0.29) is 12.0 Å². The number of nitrogens with zero attached hydrogens (tertiary/aromatic N) is 2. The fraction of sp³-hybridized carbons (Fsp3) is 0.636. The fourth-order valence-electron chi connectivity index (χ4n) is 6.44. The van der Waals surface area contributed by atoms with Gasteiger partial charge in [0.1, 0.15) is 16.8 Å². The van der Waals surface area contributed by atoms with Crippen molar-refractivity contribution in [2.45, 2.75) is 44.2 Å². The van der Waals surface area contributed by atoms with Gasteiger partial charge in [-0.1, -0.05) is 13.3 Å². The zero-order chi connectivity index (χ0) is 19.7. The molecule has 6 heteroatoms. The molecule has 6 nitrogen and oxygen atoms in total. The number of hydrogen-bond donors (Lipinski definition) is 1. The number of aliphatic hydroxyl groups is 1. The van der Waals surface area contributed by atoms with Crippen LogP contribution < -0.4 is 4.74 Å². The van der Waals surface area contributed by atoms with E-state index in [1.807, 2.05) is 18.2 Å². The molecule has 5 aliphatic rings. The predicted molar refractivity (Wildman–Crippen MR) is 105 cm³/mol. The Morgan fingerprint density at radius 2 is 2.21 bits per heavy atom. The smallest absolute Gasteiger partial charge is 0.319 e. The van der Waals surface area contributed by atoms with Crippen LogP contribution in [0.4, 0.5) is 5.69 Å². The van der Waals surface area contributed by atoms with Crippen LogP contribution in [0.15, 0.2) is 23.2 Å². The van der Waals surface area contributed by atoms with Crippen molar-refractivity contribution in [3.8, 4) is 5.75 Å². The van der Waals surface area contributed by atoms with Crippen LogP contribution in [0, 0.1) is 17.3 Å². The highest BCUT2D eigenvalue weighted by atomic mass is 16.5. The highest BCUT2D eigenvalue weighted by molar-refractivity contribution is 6.15. The Hall–Kier alpha value is -1.92. The minimum Gasteiger partial charge on any atom is -0.497 e. The number of rotatable bonds is 3. The van der Waals surface area contributed by atoms with Crippen molar-refractivity contribution >= 4 is 17.4 Å². The normalized spacial score (nSPS) is 40.2. The summed E-state index contributed by atoms with van der Waals surface area (Å²) in [5.74, 6) is 1.49. The summed E-state index contributed by atoms with van der Waals surface area (Å²) in [5, 5.41) is 12.0. The molecule has 150 valence electrons. The summed E-state index contributed by atoms with van der Waals surface area (Å²) in [6.07, 6.45) is 3.34. The largest absolute Gasteiger partial charge is 0.497 e. The number of piperidine rings is 2. The molecule has 6 atom stereocenters. The van der Waals surface area contributed by atoms with Crippen LogP contribution in [-0.2, 0) is 15.1 Å². The molecule has 0 radical (unpaired) electrons. The van der Waals surface area contributed by atoms with E-state index < -0.39 is 11.0 Å². The first-order chi connectivity index (χ1) is 13.5. The maximum Gasteiger partial charge on any atom is 0.319 e. The Morgan fingerprint density at radius 1 is 1.39 bits per heavy atom. The number of esters is 1. The molecule has 1 N–H and O–H groups in total. The second-order valence-electron chi connectivity index (χ2n) is 8.80. The van der Waals surface area contributed by atoms with Crippen molar-refractivity contribution in [3.05, 3.63) is 23.8 Å². The van der Waals surface area contributed by atoms with Gasteiger partial charge in [-0.3, -0.25) is 14.7 Å². The van der Waals surface area contributed by atoms with Crippen LogP contribution in [-0.4, -0.2) is 55.0 Å². The van der Waals surface area contributed by atoms with Crippen LogP contribution in [0.25, 0.3) is 0 Å². The number of aliphatic imine (C=N–C) groups is 1. The van der Waals surface area contributed by atoms with Crippen molar-refractivity contribution in [3.63, 3.8) is 0 Å². The maximum absolute atomic E-state index is 13.3. The molecule has 4 fully saturated rings. The Labute approximate surface area is 165 Å². The fourth-order valence-corrected chi connectivity index (χ4v) is 6.44. The van der Waals surface area contributed by atoms with Gasteiger partial charge in [-0.2, -0.15) is 0 Å². The first-order valence-electron chi connectivity index (χ1n) is 10.3. The van der Waals surface area contributed by atoms with Gasteiger partial charge in [0.25, 0.3) is 0 Å². The van der Waals surface area contributed by atoms with E-state index in [1.54, 1.807) is 7.11 Å². The van der Waals surface area contributed by atoms with Gasteiger partial charge in [0, 0.05) is 24.7 Å². The van der Waals surface area contributed by atoms with Crippen molar-refractivity contribution in [1.82, 2.24) is 4.90 Å². The van der Waals surface area contributed by atoms with Crippen LogP contribution >= 0.6 is 0 Å². The quantitative estimate of drug-likeness (QED) is 0.812. The minimum absolute atomic E-state index is 0.0406. The zero-order valence-electron chi connectivity index (χ0n) is 16.8. The number of carbonyl (C=O) groups excluding carboxylic acids is 1. The Morgan fingerprint density at radius 3 is 2.89 bits per heavy atom. The second kappa shape index (κ2) is 6.04. The molecule has 6 rings (SSSR count). The van der Waals surface area contributed by atoms with E-state index in [9.17, 15) is 9.90 Å². The van der Waals surface area contributed by atoms with Gasteiger partial charge >= 0.3 is 5.97 Å². The van der Waals surface area contributed by atoms with Gasteiger partial charge in [-0.15, -0.1) is 0 Å².